The molecule has 0 saturated heterocycles. The topological polar surface area (TPSA) is 55.6 Å². The summed E-state index contributed by atoms with van der Waals surface area (Å²) in [4.78, 5) is 12.9. The molecule has 0 spiro atoms. The Morgan fingerprint density at radius 1 is 1.47 bits per heavy atom. The maximum Gasteiger partial charge on any atom is 0.222 e. The van der Waals surface area contributed by atoms with Gasteiger partial charge >= 0.3 is 0 Å². The Balaban J connectivity index is 2.04. The molecule has 0 radical (unpaired) electrons. The minimum atomic E-state index is 0.161. The molecule has 0 aromatic carbocycles. The second kappa shape index (κ2) is 6.08. The monoisotopic (exact) mass is 214 g/mol. The highest BCUT2D eigenvalue weighted by molar-refractivity contribution is 5.75. The SMILES string of the molecule is CN(C)C(=O)CCCOC1CCCC1N. The molecule has 0 aliphatic heterocycles. The van der Waals surface area contributed by atoms with Gasteiger partial charge in [-0.25, -0.2) is 0 Å². The molecule has 0 aromatic rings. The van der Waals surface area contributed by atoms with Gasteiger partial charge in [0, 0.05) is 33.2 Å². The summed E-state index contributed by atoms with van der Waals surface area (Å²) in [5.74, 6) is 0.161. The van der Waals surface area contributed by atoms with E-state index in [1.807, 2.05) is 0 Å². The lowest BCUT2D eigenvalue weighted by atomic mass is 10.2. The zero-order valence-electron chi connectivity index (χ0n) is 9.74. The number of rotatable bonds is 5. The fraction of sp³-hybridized carbons (Fsp3) is 0.909. The highest BCUT2D eigenvalue weighted by Crippen LogP contribution is 2.20. The molecule has 0 heterocycles. The third-order valence-electron chi connectivity index (χ3n) is 2.87. The Morgan fingerprint density at radius 3 is 2.73 bits per heavy atom. The first kappa shape index (κ1) is 12.5. The number of carbonyl (C=O) groups excluding carboxylic acids is 1. The average molecular weight is 214 g/mol. The van der Waals surface area contributed by atoms with Crippen molar-refractivity contribution in [2.24, 2.45) is 5.73 Å². The first-order valence-corrected chi connectivity index (χ1v) is 5.68. The molecule has 4 nitrogen and oxygen atoms in total. The summed E-state index contributed by atoms with van der Waals surface area (Å²) in [6.07, 6.45) is 4.89. The number of nitrogens with zero attached hydrogens (tertiary/aromatic N) is 1. The Hall–Kier alpha value is -0.610. The lowest BCUT2D eigenvalue weighted by molar-refractivity contribution is -0.129. The van der Waals surface area contributed by atoms with Crippen molar-refractivity contribution in [1.82, 2.24) is 4.90 Å². The Bertz CT molecular complexity index is 207. The number of hydrogen-bond acceptors (Lipinski definition) is 3. The van der Waals surface area contributed by atoms with Crippen LogP contribution in [0.1, 0.15) is 32.1 Å². The Morgan fingerprint density at radius 2 is 2.20 bits per heavy atom. The van der Waals surface area contributed by atoms with Crippen LogP contribution < -0.4 is 5.73 Å². The molecule has 4 heteroatoms. The molecule has 0 bridgehead atoms. The number of amides is 1. The van der Waals surface area contributed by atoms with Crippen molar-refractivity contribution < 1.29 is 9.53 Å². The van der Waals surface area contributed by atoms with Gasteiger partial charge in [-0.05, 0) is 25.7 Å². The second-order valence-electron chi connectivity index (χ2n) is 4.40. The summed E-state index contributed by atoms with van der Waals surface area (Å²) in [5, 5.41) is 0. The van der Waals surface area contributed by atoms with Crippen molar-refractivity contribution in [2.45, 2.75) is 44.2 Å². The van der Waals surface area contributed by atoms with Gasteiger partial charge in [0.2, 0.25) is 5.91 Å². The first-order chi connectivity index (χ1) is 7.11. The number of nitrogens with two attached hydrogens (primary N) is 1. The number of carbonyl (C=O) groups is 1. The highest BCUT2D eigenvalue weighted by Gasteiger charge is 2.24. The van der Waals surface area contributed by atoms with Crippen LogP contribution in [0.25, 0.3) is 0 Å². The van der Waals surface area contributed by atoms with E-state index in [1.54, 1.807) is 19.0 Å². The molecule has 0 aromatic heterocycles. The molecular formula is C11H22N2O2. The molecule has 88 valence electrons. The summed E-state index contributed by atoms with van der Waals surface area (Å²) in [6.45, 7) is 0.651. The lowest BCUT2D eigenvalue weighted by Crippen LogP contribution is -2.31. The van der Waals surface area contributed by atoms with Crippen LogP contribution >= 0.6 is 0 Å². The minimum absolute atomic E-state index is 0.161. The largest absolute Gasteiger partial charge is 0.377 e. The lowest BCUT2D eigenvalue weighted by Gasteiger charge is -2.16. The van der Waals surface area contributed by atoms with Crippen LogP contribution in [0.4, 0.5) is 0 Å². The fourth-order valence-corrected chi connectivity index (χ4v) is 1.84. The summed E-state index contributed by atoms with van der Waals surface area (Å²) < 4.78 is 5.65. The second-order valence-corrected chi connectivity index (χ2v) is 4.40. The van der Waals surface area contributed by atoms with E-state index in [2.05, 4.69) is 0 Å². The van der Waals surface area contributed by atoms with E-state index < -0.39 is 0 Å². The fourth-order valence-electron chi connectivity index (χ4n) is 1.84. The van der Waals surface area contributed by atoms with Gasteiger partial charge in [0.15, 0.2) is 0 Å². The average Bonchev–Trinajstić information content (AvgIpc) is 2.58. The van der Waals surface area contributed by atoms with Crippen molar-refractivity contribution >= 4 is 5.91 Å². The van der Waals surface area contributed by atoms with Crippen LogP contribution in [0.3, 0.4) is 0 Å². The van der Waals surface area contributed by atoms with Gasteiger partial charge in [-0.2, -0.15) is 0 Å². The highest BCUT2D eigenvalue weighted by atomic mass is 16.5. The van der Waals surface area contributed by atoms with Crippen LogP contribution in [-0.2, 0) is 9.53 Å². The first-order valence-electron chi connectivity index (χ1n) is 5.68. The maximum atomic E-state index is 11.2. The third kappa shape index (κ3) is 4.18. The quantitative estimate of drug-likeness (QED) is 0.687. The van der Waals surface area contributed by atoms with Crippen molar-refractivity contribution in [2.75, 3.05) is 20.7 Å². The van der Waals surface area contributed by atoms with Gasteiger partial charge < -0.3 is 15.4 Å². The van der Waals surface area contributed by atoms with Crippen LogP contribution in [0.15, 0.2) is 0 Å². The zero-order valence-corrected chi connectivity index (χ0v) is 9.74. The summed E-state index contributed by atoms with van der Waals surface area (Å²) >= 11 is 0. The van der Waals surface area contributed by atoms with Crippen LogP contribution in [0.5, 0.6) is 0 Å². The van der Waals surface area contributed by atoms with Crippen LogP contribution in [0, 0.1) is 0 Å². The molecule has 15 heavy (non-hydrogen) atoms. The summed E-state index contributed by atoms with van der Waals surface area (Å²) in [7, 11) is 3.55. The Labute approximate surface area is 91.8 Å². The van der Waals surface area contributed by atoms with E-state index in [0.29, 0.717) is 13.0 Å². The number of hydrogen-bond donors (Lipinski definition) is 1. The van der Waals surface area contributed by atoms with E-state index in [-0.39, 0.29) is 18.1 Å². The van der Waals surface area contributed by atoms with Crippen LogP contribution in [-0.4, -0.2) is 43.7 Å². The van der Waals surface area contributed by atoms with E-state index >= 15 is 0 Å². The summed E-state index contributed by atoms with van der Waals surface area (Å²) in [6, 6.07) is 0.203. The Kier molecular flexibility index (Phi) is 5.05. The zero-order chi connectivity index (χ0) is 11.3. The van der Waals surface area contributed by atoms with Crippen molar-refractivity contribution in [3.8, 4) is 0 Å². The van der Waals surface area contributed by atoms with E-state index in [9.17, 15) is 4.79 Å². The molecule has 2 atom stereocenters. The van der Waals surface area contributed by atoms with E-state index in [4.69, 9.17) is 10.5 Å². The van der Waals surface area contributed by atoms with Gasteiger partial charge in [0.05, 0.1) is 6.10 Å². The van der Waals surface area contributed by atoms with Crippen LogP contribution in [0.2, 0.25) is 0 Å². The van der Waals surface area contributed by atoms with Crippen molar-refractivity contribution in [3.63, 3.8) is 0 Å². The van der Waals surface area contributed by atoms with Gasteiger partial charge in [0.25, 0.3) is 0 Å². The predicted molar refractivity (Wildman–Crippen MR) is 59.5 cm³/mol. The predicted octanol–water partition coefficient (Wildman–Crippen LogP) is 0.751. The molecular weight excluding hydrogens is 192 g/mol. The molecule has 2 N–H and O–H groups in total. The maximum absolute atomic E-state index is 11.2. The van der Waals surface area contributed by atoms with Gasteiger partial charge in [0.1, 0.15) is 0 Å². The normalized spacial score (nSPS) is 25.5. The van der Waals surface area contributed by atoms with E-state index in [0.717, 1.165) is 19.3 Å². The summed E-state index contributed by atoms with van der Waals surface area (Å²) in [5.41, 5.74) is 5.87. The van der Waals surface area contributed by atoms with E-state index in [1.165, 1.54) is 6.42 Å². The van der Waals surface area contributed by atoms with Gasteiger partial charge in [-0.15, -0.1) is 0 Å². The standard InChI is InChI=1S/C11H22N2O2/c1-13(2)11(14)7-4-8-15-10-6-3-5-9(10)12/h9-10H,3-8,12H2,1-2H3. The number of ether oxygens (including phenoxy) is 1. The molecule has 1 rings (SSSR count). The molecule has 2 unspecified atom stereocenters. The van der Waals surface area contributed by atoms with Gasteiger partial charge in [-0.3, -0.25) is 4.79 Å². The molecule has 1 saturated carbocycles. The van der Waals surface area contributed by atoms with Crippen molar-refractivity contribution in [1.29, 1.82) is 0 Å². The minimum Gasteiger partial charge on any atom is -0.377 e. The molecule has 1 fully saturated rings. The third-order valence-corrected chi connectivity index (χ3v) is 2.87. The van der Waals surface area contributed by atoms with Crippen molar-refractivity contribution in [3.05, 3.63) is 0 Å². The molecule has 1 aliphatic carbocycles. The molecule has 1 amide bonds. The van der Waals surface area contributed by atoms with Gasteiger partial charge in [-0.1, -0.05) is 0 Å². The molecule has 1 aliphatic rings. The smallest absolute Gasteiger partial charge is 0.222 e.